The summed E-state index contributed by atoms with van der Waals surface area (Å²) in [6, 6.07) is 6.90. The van der Waals surface area contributed by atoms with Gasteiger partial charge in [0.1, 0.15) is 5.82 Å². The van der Waals surface area contributed by atoms with E-state index < -0.39 is 0 Å². The Balaban J connectivity index is 2.02. The zero-order chi connectivity index (χ0) is 12.8. The van der Waals surface area contributed by atoms with E-state index in [1.54, 1.807) is 6.07 Å². The second-order valence-corrected chi connectivity index (χ2v) is 5.56. The molecule has 0 aromatic heterocycles. The highest BCUT2D eigenvalue weighted by Crippen LogP contribution is 2.28. The van der Waals surface area contributed by atoms with Crippen molar-refractivity contribution in [3.63, 3.8) is 0 Å². The molecule has 1 aromatic rings. The number of halogens is 2. The van der Waals surface area contributed by atoms with Crippen LogP contribution in [0, 0.1) is 5.82 Å². The number of alkyl halides is 1. The van der Waals surface area contributed by atoms with E-state index in [9.17, 15) is 4.39 Å². The predicted molar refractivity (Wildman–Crippen MR) is 75.5 cm³/mol. The zero-order valence-corrected chi connectivity index (χ0v) is 12.2. The monoisotopic (exact) mass is 314 g/mol. The summed E-state index contributed by atoms with van der Waals surface area (Å²) in [5, 5.41) is 0.643. The van der Waals surface area contributed by atoms with Crippen LogP contribution < -0.4 is 0 Å². The second kappa shape index (κ2) is 7.25. The van der Waals surface area contributed by atoms with Crippen LogP contribution in [-0.2, 0) is 4.74 Å². The van der Waals surface area contributed by atoms with E-state index in [1.165, 1.54) is 31.7 Å². The van der Waals surface area contributed by atoms with Crippen molar-refractivity contribution in [2.24, 2.45) is 0 Å². The first kappa shape index (κ1) is 14.0. The lowest BCUT2D eigenvalue weighted by Gasteiger charge is -2.23. The first-order chi connectivity index (χ1) is 8.81. The van der Waals surface area contributed by atoms with Crippen molar-refractivity contribution in [1.29, 1.82) is 0 Å². The molecule has 1 aliphatic rings. The van der Waals surface area contributed by atoms with Crippen molar-refractivity contribution in [3.05, 3.63) is 35.6 Å². The maximum absolute atomic E-state index is 13.8. The Morgan fingerprint density at radius 2 is 1.83 bits per heavy atom. The molecule has 0 spiro atoms. The minimum absolute atomic E-state index is 0.171. The number of rotatable bonds is 4. The van der Waals surface area contributed by atoms with E-state index in [-0.39, 0.29) is 18.0 Å². The molecule has 1 fully saturated rings. The van der Waals surface area contributed by atoms with Crippen LogP contribution in [0.15, 0.2) is 24.3 Å². The van der Waals surface area contributed by atoms with E-state index >= 15 is 0 Å². The molecule has 0 heterocycles. The van der Waals surface area contributed by atoms with Gasteiger partial charge in [-0.3, -0.25) is 0 Å². The molecule has 1 aliphatic carbocycles. The predicted octanol–water partition coefficient (Wildman–Crippen LogP) is 5.00. The molecule has 0 aliphatic heterocycles. The fourth-order valence-electron chi connectivity index (χ4n) is 2.54. The van der Waals surface area contributed by atoms with Gasteiger partial charge in [-0.1, -0.05) is 59.8 Å². The van der Waals surface area contributed by atoms with Crippen molar-refractivity contribution in [2.45, 2.75) is 50.7 Å². The largest absolute Gasteiger partial charge is 0.369 e. The van der Waals surface area contributed by atoms with E-state index in [1.807, 2.05) is 12.1 Å². The van der Waals surface area contributed by atoms with Gasteiger partial charge in [0.15, 0.2) is 0 Å². The van der Waals surface area contributed by atoms with Crippen LogP contribution in [0.3, 0.4) is 0 Å². The molecule has 1 unspecified atom stereocenters. The maximum atomic E-state index is 13.8. The van der Waals surface area contributed by atoms with Crippen molar-refractivity contribution >= 4 is 15.9 Å². The summed E-state index contributed by atoms with van der Waals surface area (Å²) in [6.07, 6.45) is 7.41. The van der Waals surface area contributed by atoms with E-state index in [0.29, 0.717) is 10.9 Å². The highest BCUT2D eigenvalue weighted by Gasteiger charge is 2.21. The Morgan fingerprint density at radius 1 is 1.17 bits per heavy atom. The minimum atomic E-state index is -0.172. The summed E-state index contributed by atoms with van der Waals surface area (Å²) < 4.78 is 19.9. The molecule has 1 nitrogen and oxygen atoms in total. The Bertz CT molecular complexity index is 361. The van der Waals surface area contributed by atoms with Gasteiger partial charge in [0, 0.05) is 10.9 Å². The molecule has 2 rings (SSSR count). The molecule has 1 aromatic carbocycles. The van der Waals surface area contributed by atoms with E-state index in [0.717, 1.165) is 12.8 Å². The molecule has 0 saturated heterocycles. The van der Waals surface area contributed by atoms with Crippen LogP contribution in [0.5, 0.6) is 0 Å². The van der Waals surface area contributed by atoms with Gasteiger partial charge >= 0.3 is 0 Å². The zero-order valence-electron chi connectivity index (χ0n) is 10.6. The topological polar surface area (TPSA) is 9.23 Å². The van der Waals surface area contributed by atoms with Crippen LogP contribution in [0.4, 0.5) is 4.39 Å². The molecule has 0 amide bonds. The van der Waals surface area contributed by atoms with E-state index in [4.69, 9.17) is 4.74 Å². The fraction of sp³-hybridized carbons (Fsp3) is 0.600. The average Bonchev–Trinajstić information content (AvgIpc) is 2.65. The molecule has 0 N–H and O–H groups in total. The van der Waals surface area contributed by atoms with Gasteiger partial charge in [-0.25, -0.2) is 4.39 Å². The highest BCUT2D eigenvalue weighted by atomic mass is 79.9. The van der Waals surface area contributed by atoms with E-state index in [2.05, 4.69) is 15.9 Å². The van der Waals surface area contributed by atoms with Crippen molar-refractivity contribution in [2.75, 3.05) is 5.33 Å². The van der Waals surface area contributed by atoms with Gasteiger partial charge in [0.05, 0.1) is 12.2 Å². The molecule has 0 bridgehead atoms. The molecular formula is C15H20BrFO. The summed E-state index contributed by atoms with van der Waals surface area (Å²) in [6.45, 7) is 0. The molecule has 18 heavy (non-hydrogen) atoms. The fourth-order valence-corrected chi connectivity index (χ4v) is 3.04. The van der Waals surface area contributed by atoms with Crippen molar-refractivity contribution in [3.8, 4) is 0 Å². The Labute approximate surface area is 117 Å². The van der Waals surface area contributed by atoms with Gasteiger partial charge in [-0.05, 0) is 18.9 Å². The summed E-state index contributed by atoms with van der Waals surface area (Å²) in [5.74, 6) is -0.171. The first-order valence-corrected chi connectivity index (χ1v) is 7.89. The second-order valence-electron chi connectivity index (χ2n) is 4.91. The molecule has 3 heteroatoms. The standard InChI is InChI=1S/C15H20BrFO/c16-11-15(13-9-5-6-10-14(13)17)18-12-7-3-1-2-4-8-12/h5-6,9-10,12,15H,1-4,7-8,11H2. The Kier molecular flexibility index (Phi) is 5.64. The lowest BCUT2D eigenvalue weighted by molar-refractivity contribution is -0.00947. The summed E-state index contributed by atoms with van der Waals surface area (Å²) in [7, 11) is 0. The maximum Gasteiger partial charge on any atom is 0.129 e. The van der Waals surface area contributed by atoms with Crippen LogP contribution >= 0.6 is 15.9 Å². The minimum Gasteiger partial charge on any atom is -0.369 e. The number of ether oxygens (including phenoxy) is 1. The van der Waals surface area contributed by atoms with Crippen LogP contribution in [0.2, 0.25) is 0 Å². The molecular weight excluding hydrogens is 295 g/mol. The number of benzene rings is 1. The number of hydrogen-bond acceptors (Lipinski definition) is 1. The molecule has 1 atom stereocenters. The SMILES string of the molecule is Fc1ccccc1C(CBr)OC1CCCCCC1. The van der Waals surface area contributed by atoms with Crippen LogP contribution in [-0.4, -0.2) is 11.4 Å². The third-order valence-corrected chi connectivity index (χ3v) is 4.14. The summed E-state index contributed by atoms with van der Waals surface area (Å²) in [4.78, 5) is 0. The molecule has 100 valence electrons. The van der Waals surface area contributed by atoms with Gasteiger partial charge in [-0.2, -0.15) is 0 Å². The van der Waals surface area contributed by atoms with Crippen LogP contribution in [0.1, 0.15) is 50.2 Å². The Hall–Kier alpha value is -0.410. The summed E-state index contributed by atoms with van der Waals surface area (Å²) in [5.41, 5.74) is 0.665. The van der Waals surface area contributed by atoms with Gasteiger partial charge in [0.25, 0.3) is 0 Å². The molecule has 0 radical (unpaired) electrons. The first-order valence-electron chi connectivity index (χ1n) is 6.77. The van der Waals surface area contributed by atoms with Gasteiger partial charge in [-0.15, -0.1) is 0 Å². The van der Waals surface area contributed by atoms with Gasteiger partial charge in [0.2, 0.25) is 0 Å². The van der Waals surface area contributed by atoms with Crippen LogP contribution in [0.25, 0.3) is 0 Å². The lowest BCUT2D eigenvalue weighted by atomic mass is 10.1. The highest BCUT2D eigenvalue weighted by molar-refractivity contribution is 9.09. The average molecular weight is 315 g/mol. The summed E-state index contributed by atoms with van der Waals surface area (Å²) >= 11 is 3.44. The van der Waals surface area contributed by atoms with Crippen molar-refractivity contribution < 1.29 is 9.13 Å². The Morgan fingerprint density at radius 3 is 2.44 bits per heavy atom. The normalized spacial score (nSPS) is 19.4. The number of hydrogen-bond donors (Lipinski definition) is 0. The quantitative estimate of drug-likeness (QED) is 0.561. The van der Waals surface area contributed by atoms with Gasteiger partial charge < -0.3 is 4.74 Å². The smallest absolute Gasteiger partial charge is 0.129 e. The van der Waals surface area contributed by atoms with Crippen molar-refractivity contribution in [1.82, 2.24) is 0 Å². The lowest BCUT2D eigenvalue weighted by Crippen LogP contribution is -2.18. The molecule has 1 saturated carbocycles. The third kappa shape index (κ3) is 3.79. The third-order valence-electron chi connectivity index (χ3n) is 3.55.